The Balaban J connectivity index is 2.02. The first-order valence-corrected chi connectivity index (χ1v) is 7.39. The lowest BCUT2D eigenvalue weighted by Gasteiger charge is -2.22. The van der Waals surface area contributed by atoms with Gasteiger partial charge in [0.05, 0.1) is 6.42 Å². The molecule has 3 nitrogen and oxygen atoms in total. The van der Waals surface area contributed by atoms with Crippen LogP contribution < -0.4 is 5.32 Å². The van der Waals surface area contributed by atoms with Gasteiger partial charge in [0.2, 0.25) is 0 Å². The first kappa shape index (κ1) is 15.0. The quantitative estimate of drug-likeness (QED) is 0.861. The molecule has 1 atom stereocenters. The molecule has 1 aliphatic heterocycles. The first-order chi connectivity index (χ1) is 9.35. The maximum absolute atomic E-state index is 11.9. The van der Waals surface area contributed by atoms with Gasteiger partial charge in [-0.15, -0.1) is 0 Å². The van der Waals surface area contributed by atoms with Crippen LogP contribution in [0.3, 0.4) is 0 Å². The lowest BCUT2D eigenvalue weighted by molar-refractivity contribution is -0.155. The van der Waals surface area contributed by atoms with E-state index in [2.05, 4.69) is 30.4 Å². The molecule has 3 heteroatoms. The summed E-state index contributed by atoms with van der Waals surface area (Å²) in [4.78, 5) is 11.9. The van der Waals surface area contributed by atoms with E-state index >= 15 is 0 Å². The monoisotopic (exact) mass is 275 g/mol. The Labute approximate surface area is 121 Å². The van der Waals surface area contributed by atoms with E-state index in [0.29, 0.717) is 6.42 Å². The number of hydrogen-bond donors (Lipinski definition) is 1. The third-order valence-electron chi connectivity index (χ3n) is 3.58. The molecule has 0 spiro atoms. The number of carbonyl (C=O) groups excluding carboxylic acids is 1. The first-order valence-electron chi connectivity index (χ1n) is 7.39. The number of rotatable bonds is 3. The van der Waals surface area contributed by atoms with Crippen molar-refractivity contribution >= 4 is 5.97 Å². The molecule has 0 saturated heterocycles. The van der Waals surface area contributed by atoms with Crippen molar-refractivity contribution in [2.24, 2.45) is 0 Å². The van der Waals surface area contributed by atoms with Gasteiger partial charge in [-0.05, 0) is 56.3 Å². The number of hydrogen-bond acceptors (Lipinski definition) is 3. The largest absolute Gasteiger partial charge is 0.460 e. The normalized spacial score (nSPS) is 16.4. The molecule has 20 heavy (non-hydrogen) atoms. The Morgan fingerprint density at radius 2 is 2.10 bits per heavy atom. The number of esters is 1. The number of fused-ring (bicyclic) bond motifs is 1. The molecule has 0 bridgehead atoms. The smallest absolute Gasteiger partial charge is 0.306 e. The third kappa shape index (κ3) is 4.07. The Morgan fingerprint density at radius 1 is 1.35 bits per heavy atom. The lowest BCUT2D eigenvalue weighted by Crippen LogP contribution is -2.25. The minimum absolute atomic E-state index is 0.121. The SMILES string of the molecule is CC(CC(=O)OC(C)(C)C)c1ccc2c(c1)CCNC2. The molecule has 0 aliphatic carbocycles. The standard InChI is InChI=1S/C17H25NO2/c1-12(9-16(19)20-17(2,3)4)13-5-6-15-11-18-8-7-14(15)10-13/h5-6,10,12,18H,7-9,11H2,1-4H3. The van der Waals surface area contributed by atoms with Crippen LogP contribution in [0.1, 0.15) is 56.7 Å². The van der Waals surface area contributed by atoms with E-state index in [4.69, 9.17) is 4.74 Å². The minimum atomic E-state index is -0.404. The van der Waals surface area contributed by atoms with Crippen LogP contribution in [0.25, 0.3) is 0 Å². The average molecular weight is 275 g/mol. The van der Waals surface area contributed by atoms with Gasteiger partial charge in [-0.3, -0.25) is 4.79 Å². The Morgan fingerprint density at radius 3 is 2.80 bits per heavy atom. The van der Waals surface area contributed by atoms with Gasteiger partial charge in [0, 0.05) is 6.54 Å². The summed E-state index contributed by atoms with van der Waals surface area (Å²) in [7, 11) is 0. The maximum Gasteiger partial charge on any atom is 0.306 e. The average Bonchev–Trinajstić information content (AvgIpc) is 2.35. The summed E-state index contributed by atoms with van der Waals surface area (Å²) < 4.78 is 5.39. The summed E-state index contributed by atoms with van der Waals surface area (Å²) in [5.41, 5.74) is 3.62. The highest BCUT2D eigenvalue weighted by atomic mass is 16.6. The number of carbonyl (C=O) groups is 1. The fraction of sp³-hybridized carbons (Fsp3) is 0.588. The topological polar surface area (TPSA) is 38.3 Å². The molecule has 1 aromatic carbocycles. The second-order valence-corrected chi connectivity index (χ2v) is 6.65. The van der Waals surface area contributed by atoms with Crippen LogP contribution in [0.4, 0.5) is 0 Å². The van der Waals surface area contributed by atoms with E-state index in [9.17, 15) is 4.79 Å². The highest BCUT2D eigenvalue weighted by Gasteiger charge is 2.20. The molecule has 1 aromatic rings. The second-order valence-electron chi connectivity index (χ2n) is 6.65. The van der Waals surface area contributed by atoms with Crippen molar-refractivity contribution in [2.45, 2.75) is 58.6 Å². The summed E-state index contributed by atoms with van der Waals surface area (Å²) >= 11 is 0. The van der Waals surface area contributed by atoms with E-state index in [1.165, 1.54) is 16.7 Å². The highest BCUT2D eigenvalue weighted by molar-refractivity contribution is 5.71. The Hall–Kier alpha value is -1.35. The van der Waals surface area contributed by atoms with Gasteiger partial charge in [0.15, 0.2) is 0 Å². The van der Waals surface area contributed by atoms with Gasteiger partial charge < -0.3 is 10.1 Å². The van der Waals surface area contributed by atoms with Crippen molar-refractivity contribution in [3.63, 3.8) is 0 Å². The second kappa shape index (κ2) is 5.96. The van der Waals surface area contributed by atoms with E-state index < -0.39 is 5.60 Å². The van der Waals surface area contributed by atoms with Crippen LogP contribution >= 0.6 is 0 Å². The maximum atomic E-state index is 11.9. The zero-order valence-corrected chi connectivity index (χ0v) is 13.0. The van der Waals surface area contributed by atoms with Gasteiger partial charge in [-0.2, -0.15) is 0 Å². The summed E-state index contributed by atoms with van der Waals surface area (Å²) in [6.45, 7) is 9.80. The molecular formula is C17H25NO2. The fourth-order valence-corrected chi connectivity index (χ4v) is 2.55. The molecule has 0 fully saturated rings. The van der Waals surface area contributed by atoms with Crippen molar-refractivity contribution in [1.82, 2.24) is 5.32 Å². The predicted molar refractivity (Wildman–Crippen MR) is 80.7 cm³/mol. The molecule has 0 radical (unpaired) electrons. The van der Waals surface area contributed by atoms with Crippen molar-refractivity contribution < 1.29 is 9.53 Å². The van der Waals surface area contributed by atoms with Crippen LogP contribution in [-0.4, -0.2) is 18.1 Å². The Bertz CT molecular complexity index is 488. The summed E-state index contributed by atoms with van der Waals surface area (Å²) in [6, 6.07) is 6.58. The van der Waals surface area contributed by atoms with Crippen LogP contribution in [0.15, 0.2) is 18.2 Å². The van der Waals surface area contributed by atoms with Gasteiger partial charge >= 0.3 is 5.97 Å². The van der Waals surface area contributed by atoms with E-state index in [0.717, 1.165) is 19.5 Å². The molecule has 1 heterocycles. The summed E-state index contributed by atoms with van der Waals surface area (Å²) in [5.74, 6) is 0.0782. The molecular weight excluding hydrogens is 250 g/mol. The molecule has 0 saturated carbocycles. The van der Waals surface area contributed by atoms with Gasteiger partial charge in [0.1, 0.15) is 5.60 Å². The zero-order chi connectivity index (χ0) is 14.8. The van der Waals surface area contributed by atoms with Crippen molar-refractivity contribution in [3.05, 3.63) is 34.9 Å². The number of benzene rings is 1. The predicted octanol–water partition coefficient (Wildman–Crippen LogP) is 3.17. The van der Waals surface area contributed by atoms with E-state index in [-0.39, 0.29) is 11.9 Å². The van der Waals surface area contributed by atoms with Gasteiger partial charge in [-0.1, -0.05) is 25.1 Å². The van der Waals surface area contributed by atoms with Crippen LogP contribution in [0.5, 0.6) is 0 Å². The molecule has 1 aliphatic rings. The van der Waals surface area contributed by atoms with Gasteiger partial charge in [0.25, 0.3) is 0 Å². The molecule has 1 unspecified atom stereocenters. The van der Waals surface area contributed by atoms with Crippen molar-refractivity contribution in [1.29, 1.82) is 0 Å². The third-order valence-corrected chi connectivity index (χ3v) is 3.58. The number of nitrogens with one attached hydrogen (secondary N) is 1. The van der Waals surface area contributed by atoms with Crippen LogP contribution in [-0.2, 0) is 22.5 Å². The molecule has 0 amide bonds. The minimum Gasteiger partial charge on any atom is -0.460 e. The van der Waals surface area contributed by atoms with E-state index in [1.807, 2.05) is 20.8 Å². The zero-order valence-electron chi connectivity index (χ0n) is 13.0. The van der Waals surface area contributed by atoms with Gasteiger partial charge in [-0.25, -0.2) is 0 Å². The Kier molecular flexibility index (Phi) is 4.48. The molecule has 0 aromatic heterocycles. The highest BCUT2D eigenvalue weighted by Crippen LogP contribution is 2.25. The summed E-state index contributed by atoms with van der Waals surface area (Å²) in [5, 5.41) is 3.37. The number of ether oxygens (including phenoxy) is 1. The fourth-order valence-electron chi connectivity index (χ4n) is 2.55. The van der Waals surface area contributed by atoms with Crippen molar-refractivity contribution in [3.8, 4) is 0 Å². The lowest BCUT2D eigenvalue weighted by atomic mass is 9.91. The summed E-state index contributed by atoms with van der Waals surface area (Å²) in [6.07, 6.45) is 1.51. The van der Waals surface area contributed by atoms with Crippen LogP contribution in [0, 0.1) is 0 Å². The van der Waals surface area contributed by atoms with E-state index in [1.54, 1.807) is 0 Å². The molecule has 1 N–H and O–H groups in total. The van der Waals surface area contributed by atoms with Crippen molar-refractivity contribution in [2.75, 3.05) is 6.54 Å². The van der Waals surface area contributed by atoms with Crippen LogP contribution in [0.2, 0.25) is 0 Å². The molecule has 2 rings (SSSR count). The molecule has 110 valence electrons.